The van der Waals surface area contributed by atoms with Crippen molar-refractivity contribution in [3.63, 3.8) is 0 Å². The zero-order chi connectivity index (χ0) is 14.8. The lowest BCUT2D eigenvalue weighted by Crippen LogP contribution is -2.54. The molecule has 0 aromatic carbocycles. The molecule has 0 aromatic rings. The summed E-state index contributed by atoms with van der Waals surface area (Å²) in [6, 6.07) is 0.186. The number of hydrogen-bond acceptors (Lipinski definition) is 3. The van der Waals surface area contributed by atoms with Gasteiger partial charge in [-0.25, -0.2) is 0 Å². The summed E-state index contributed by atoms with van der Waals surface area (Å²) in [5.74, 6) is 0.713. The number of nitrogens with zero attached hydrogens (tertiary/aromatic N) is 1. The normalized spacial score (nSPS) is 34.0. The molecule has 2 N–H and O–H groups in total. The number of hydrogen-bond donors (Lipinski definition) is 1. The molecule has 3 atom stereocenters. The van der Waals surface area contributed by atoms with Crippen LogP contribution in [0.3, 0.4) is 0 Å². The van der Waals surface area contributed by atoms with Gasteiger partial charge < -0.3 is 15.4 Å². The molecule has 1 heterocycles. The van der Waals surface area contributed by atoms with Crippen LogP contribution in [0.1, 0.15) is 52.9 Å². The van der Waals surface area contributed by atoms with Crippen LogP contribution in [0.2, 0.25) is 0 Å². The number of carbonyl (C=O) groups excluding carboxylic acids is 1. The van der Waals surface area contributed by atoms with Gasteiger partial charge in [0, 0.05) is 19.1 Å². The van der Waals surface area contributed by atoms with Crippen molar-refractivity contribution in [2.24, 2.45) is 17.1 Å². The minimum absolute atomic E-state index is 0.00599. The minimum Gasteiger partial charge on any atom is -0.368 e. The molecule has 116 valence electrons. The Morgan fingerprint density at radius 2 is 2.00 bits per heavy atom. The van der Waals surface area contributed by atoms with Gasteiger partial charge in [0.15, 0.2) is 0 Å². The summed E-state index contributed by atoms with van der Waals surface area (Å²) in [5.41, 5.74) is 6.12. The Balaban J connectivity index is 1.80. The van der Waals surface area contributed by atoms with Gasteiger partial charge in [-0.2, -0.15) is 0 Å². The van der Waals surface area contributed by atoms with E-state index in [1.807, 2.05) is 4.90 Å². The maximum Gasteiger partial charge on any atom is 0.248 e. The highest BCUT2D eigenvalue weighted by Crippen LogP contribution is 2.29. The van der Waals surface area contributed by atoms with Crippen LogP contribution in [-0.2, 0) is 9.53 Å². The van der Waals surface area contributed by atoms with Gasteiger partial charge in [-0.1, -0.05) is 33.6 Å². The molecular weight excluding hydrogens is 252 g/mol. The summed E-state index contributed by atoms with van der Waals surface area (Å²) in [4.78, 5) is 14.2. The molecule has 2 rings (SSSR count). The summed E-state index contributed by atoms with van der Waals surface area (Å²) in [5, 5.41) is 0. The summed E-state index contributed by atoms with van der Waals surface area (Å²) in [6.07, 6.45) is 6.02. The summed E-state index contributed by atoms with van der Waals surface area (Å²) in [6.45, 7) is 8.27. The van der Waals surface area contributed by atoms with Gasteiger partial charge in [0.25, 0.3) is 0 Å². The van der Waals surface area contributed by atoms with Gasteiger partial charge in [0.05, 0.1) is 6.10 Å². The third-order valence-corrected chi connectivity index (χ3v) is 5.12. The van der Waals surface area contributed by atoms with Crippen LogP contribution in [0.5, 0.6) is 0 Å². The van der Waals surface area contributed by atoms with E-state index >= 15 is 0 Å². The van der Waals surface area contributed by atoms with Crippen LogP contribution in [0.15, 0.2) is 0 Å². The molecule has 4 heteroatoms. The van der Waals surface area contributed by atoms with Crippen LogP contribution in [0.4, 0.5) is 0 Å². The van der Waals surface area contributed by atoms with E-state index in [4.69, 9.17) is 10.5 Å². The lowest BCUT2D eigenvalue weighted by molar-refractivity contribution is -0.143. The van der Waals surface area contributed by atoms with E-state index in [9.17, 15) is 4.79 Å². The van der Waals surface area contributed by atoms with Crippen LogP contribution in [0, 0.1) is 11.3 Å². The van der Waals surface area contributed by atoms with Gasteiger partial charge in [0.2, 0.25) is 5.91 Å². The maximum absolute atomic E-state index is 12.3. The predicted octanol–water partition coefficient (Wildman–Crippen LogP) is 2.17. The van der Waals surface area contributed by atoms with Crippen molar-refractivity contribution in [1.29, 1.82) is 0 Å². The second kappa shape index (κ2) is 6.44. The first-order valence-corrected chi connectivity index (χ1v) is 8.05. The molecule has 0 spiro atoms. The average Bonchev–Trinajstić information content (AvgIpc) is 2.40. The fourth-order valence-corrected chi connectivity index (χ4v) is 3.39. The van der Waals surface area contributed by atoms with E-state index < -0.39 is 0 Å². The Morgan fingerprint density at radius 1 is 1.30 bits per heavy atom. The van der Waals surface area contributed by atoms with Crippen LogP contribution >= 0.6 is 0 Å². The van der Waals surface area contributed by atoms with E-state index in [1.165, 1.54) is 19.3 Å². The van der Waals surface area contributed by atoms with E-state index in [1.54, 1.807) is 0 Å². The number of carbonyl (C=O) groups is 1. The Morgan fingerprint density at radius 3 is 2.65 bits per heavy atom. The smallest absolute Gasteiger partial charge is 0.248 e. The van der Waals surface area contributed by atoms with Crippen molar-refractivity contribution in [2.75, 3.05) is 19.7 Å². The predicted molar refractivity (Wildman–Crippen MR) is 80.3 cm³/mol. The Bertz CT molecular complexity index is 343. The molecular formula is C16H30N2O2. The molecule has 20 heavy (non-hydrogen) atoms. The van der Waals surface area contributed by atoms with Crippen molar-refractivity contribution in [3.8, 4) is 0 Å². The number of amides is 1. The highest BCUT2D eigenvalue weighted by atomic mass is 16.5. The van der Waals surface area contributed by atoms with Gasteiger partial charge in [-0.15, -0.1) is 0 Å². The van der Waals surface area contributed by atoms with E-state index in [0.717, 1.165) is 25.9 Å². The lowest BCUT2D eigenvalue weighted by atomic mass is 9.80. The molecule has 1 aliphatic carbocycles. The molecule has 2 fully saturated rings. The molecule has 0 bridgehead atoms. The molecule has 1 saturated carbocycles. The maximum atomic E-state index is 12.3. The first-order valence-electron chi connectivity index (χ1n) is 8.05. The van der Waals surface area contributed by atoms with Gasteiger partial charge in [-0.05, 0) is 30.6 Å². The SMILES string of the molecule is CC1CCCCC1OCC(=O)N1CCC(N)C(C)(C)C1. The molecule has 3 unspecified atom stereocenters. The van der Waals surface area contributed by atoms with Crippen LogP contribution in [0.25, 0.3) is 0 Å². The van der Waals surface area contributed by atoms with Gasteiger partial charge >= 0.3 is 0 Å². The highest BCUT2D eigenvalue weighted by Gasteiger charge is 2.35. The largest absolute Gasteiger partial charge is 0.368 e. The van der Waals surface area contributed by atoms with E-state index in [-0.39, 0.29) is 30.1 Å². The number of ether oxygens (including phenoxy) is 1. The average molecular weight is 282 g/mol. The zero-order valence-electron chi connectivity index (χ0n) is 13.2. The van der Waals surface area contributed by atoms with E-state index in [0.29, 0.717) is 5.92 Å². The second-order valence-corrected chi connectivity index (χ2v) is 7.31. The monoisotopic (exact) mass is 282 g/mol. The van der Waals surface area contributed by atoms with Crippen molar-refractivity contribution >= 4 is 5.91 Å². The molecule has 1 aliphatic heterocycles. The fraction of sp³-hybridized carbons (Fsp3) is 0.938. The Hall–Kier alpha value is -0.610. The standard InChI is InChI=1S/C16H30N2O2/c1-12-6-4-5-7-13(12)20-10-15(19)18-9-8-14(17)16(2,3)11-18/h12-14H,4-11,17H2,1-3H3. The number of nitrogens with two attached hydrogens (primary N) is 1. The first kappa shape index (κ1) is 15.8. The summed E-state index contributed by atoms with van der Waals surface area (Å²) in [7, 11) is 0. The van der Waals surface area contributed by atoms with E-state index in [2.05, 4.69) is 20.8 Å². The first-order chi connectivity index (χ1) is 9.40. The number of likely N-dealkylation sites (tertiary alicyclic amines) is 1. The Labute approximate surface area is 123 Å². The van der Waals surface area contributed by atoms with Crippen molar-refractivity contribution in [3.05, 3.63) is 0 Å². The second-order valence-electron chi connectivity index (χ2n) is 7.31. The minimum atomic E-state index is 0.00599. The molecule has 1 amide bonds. The fourth-order valence-electron chi connectivity index (χ4n) is 3.39. The molecule has 2 aliphatic rings. The molecule has 1 saturated heterocycles. The van der Waals surface area contributed by atoms with Crippen molar-refractivity contribution < 1.29 is 9.53 Å². The van der Waals surface area contributed by atoms with Crippen molar-refractivity contribution in [1.82, 2.24) is 4.90 Å². The Kier molecular flexibility index (Phi) is 5.08. The number of piperidine rings is 1. The zero-order valence-corrected chi connectivity index (χ0v) is 13.2. The van der Waals surface area contributed by atoms with Gasteiger partial charge in [-0.3, -0.25) is 4.79 Å². The van der Waals surface area contributed by atoms with Crippen LogP contribution < -0.4 is 5.73 Å². The van der Waals surface area contributed by atoms with Crippen molar-refractivity contribution in [2.45, 2.75) is 65.0 Å². The lowest BCUT2D eigenvalue weighted by Gasteiger charge is -2.42. The molecule has 0 aromatic heterocycles. The quantitative estimate of drug-likeness (QED) is 0.863. The summed E-state index contributed by atoms with van der Waals surface area (Å²) < 4.78 is 5.88. The summed E-state index contributed by atoms with van der Waals surface area (Å²) >= 11 is 0. The third kappa shape index (κ3) is 3.73. The van der Waals surface area contributed by atoms with Gasteiger partial charge in [0.1, 0.15) is 6.61 Å². The number of rotatable bonds is 3. The topological polar surface area (TPSA) is 55.6 Å². The molecule has 0 radical (unpaired) electrons. The molecule has 4 nitrogen and oxygen atoms in total. The van der Waals surface area contributed by atoms with Crippen LogP contribution in [-0.4, -0.2) is 42.6 Å². The third-order valence-electron chi connectivity index (χ3n) is 5.12. The highest BCUT2D eigenvalue weighted by molar-refractivity contribution is 5.77.